The molecule has 1 aromatic rings. The van der Waals surface area contributed by atoms with Gasteiger partial charge in [-0.15, -0.1) is 0 Å². The molecule has 2 aliphatic heterocycles. The van der Waals surface area contributed by atoms with E-state index in [0.29, 0.717) is 34.0 Å². The van der Waals surface area contributed by atoms with Crippen molar-refractivity contribution in [3.63, 3.8) is 0 Å². The Kier molecular flexibility index (Phi) is 4.04. The fraction of sp³-hybridized carbons (Fsp3) is 0.600. The predicted octanol–water partition coefficient (Wildman–Crippen LogP) is 3.86. The minimum atomic E-state index is 0.522. The zero-order valence-electron chi connectivity index (χ0n) is 11.0. The number of hydrogen-bond donors (Lipinski definition) is 1. The third-order valence-electron chi connectivity index (χ3n) is 4.58. The number of hydrogen-bond acceptors (Lipinski definition) is 2. The molecule has 104 valence electrons. The molecule has 2 heterocycles. The lowest BCUT2D eigenvalue weighted by Crippen LogP contribution is -2.46. The van der Waals surface area contributed by atoms with E-state index in [4.69, 9.17) is 27.9 Å². The molecule has 0 amide bonds. The summed E-state index contributed by atoms with van der Waals surface area (Å²) >= 11 is 12.2. The molecule has 2 saturated heterocycles. The molecule has 4 heteroatoms. The van der Waals surface area contributed by atoms with Crippen molar-refractivity contribution < 1.29 is 4.74 Å². The van der Waals surface area contributed by atoms with Gasteiger partial charge >= 0.3 is 0 Å². The third-order valence-corrected chi connectivity index (χ3v) is 5.32. The lowest BCUT2D eigenvalue weighted by Gasteiger charge is -2.37. The van der Waals surface area contributed by atoms with Gasteiger partial charge in [0.2, 0.25) is 0 Å². The topological polar surface area (TPSA) is 21.3 Å². The molecule has 3 rings (SSSR count). The van der Waals surface area contributed by atoms with E-state index in [9.17, 15) is 0 Å². The molecule has 2 bridgehead atoms. The number of ether oxygens (including phenoxy) is 1. The van der Waals surface area contributed by atoms with Gasteiger partial charge < -0.3 is 10.1 Å². The van der Waals surface area contributed by atoms with Crippen LogP contribution in [0, 0.1) is 5.92 Å². The van der Waals surface area contributed by atoms with Crippen LogP contribution in [0.1, 0.15) is 30.7 Å². The minimum Gasteiger partial charge on any atom is -0.384 e. The molecular formula is C15H19Cl2NO. The number of halogens is 2. The number of piperidine rings is 1. The van der Waals surface area contributed by atoms with E-state index in [2.05, 4.69) is 11.4 Å². The van der Waals surface area contributed by atoms with Crippen LogP contribution in [-0.2, 0) is 4.74 Å². The first-order chi connectivity index (χ1) is 9.19. The van der Waals surface area contributed by atoms with Crippen LogP contribution in [0.25, 0.3) is 0 Å². The fourth-order valence-corrected chi connectivity index (χ4v) is 3.99. The number of fused-ring (bicyclic) bond motifs is 2. The van der Waals surface area contributed by atoms with E-state index in [-0.39, 0.29) is 0 Å². The molecular weight excluding hydrogens is 281 g/mol. The molecule has 2 aliphatic rings. The van der Waals surface area contributed by atoms with Crippen LogP contribution in [0.3, 0.4) is 0 Å². The average molecular weight is 300 g/mol. The second-order valence-corrected chi connectivity index (χ2v) is 6.50. The van der Waals surface area contributed by atoms with Crippen molar-refractivity contribution >= 4 is 23.2 Å². The number of benzene rings is 1. The van der Waals surface area contributed by atoms with Gasteiger partial charge in [0.1, 0.15) is 0 Å². The predicted molar refractivity (Wildman–Crippen MR) is 79.1 cm³/mol. The molecule has 0 saturated carbocycles. The smallest absolute Gasteiger partial charge is 0.0595 e. The molecule has 0 aromatic heterocycles. The van der Waals surface area contributed by atoms with Crippen molar-refractivity contribution in [1.82, 2.24) is 5.32 Å². The molecule has 1 N–H and O–H groups in total. The van der Waals surface area contributed by atoms with Crippen molar-refractivity contribution in [2.75, 3.05) is 13.7 Å². The van der Waals surface area contributed by atoms with Gasteiger partial charge in [0.25, 0.3) is 0 Å². The van der Waals surface area contributed by atoms with Crippen LogP contribution >= 0.6 is 23.2 Å². The van der Waals surface area contributed by atoms with E-state index in [0.717, 1.165) is 6.61 Å². The van der Waals surface area contributed by atoms with Crippen molar-refractivity contribution in [3.05, 3.63) is 33.8 Å². The Hall–Kier alpha value is -0.280. The summed E-state index contributed by atoms with van der Waals surface area (Å²) in [5.74, 6) is 1.05. The van der Waals surface area contributed by atoms with Crippen molar-refractivity contribution in [2.24, 2.45) is 5.92 Å². The molecule has 1 aromatic carbocycles. The van der Waals surface area contributed by atoms with Gasteiger partial charge in [0, 0.05) is 25.1 Å². The van der Waals surface area contributed by atoms with Crippen LogP contribution in [0.5, 0.6) is 0 Å². The quantitative estimate of drug-likeness (QED) is 0.915. The summed E-state index contributed by atoms with van der Waals surface area (Å²) in [6, 6.07) is 7.29. The molecule has 4 atom stereocenters. The third kappa shape index (κ3) is 2.64. The monoisotopic (exact) mass is 299 g/mol. The van der Waals surface area contributed by atoms with Gasteiger partial charge in [0.15, 0.2) is 0 Å². The molecule has 0 unspecified atom stereocenters. The van der Waals surface area contributed by atoms with E-state index in [1.54, 1.807) is 7.11 Å². The molecule has 0 radical (unpaired) electrons. The lowest BCUT2D eigenvalue weighted by atomic mass is 9.77. The normalized spacial score (nSPS) is 33.6. The Morgan fingerprint density at radius 2 is 2.11 bits per heavy atom. The zero-order valence-corrected chi connectivity index (χ0v) is 12.5. The van der Waals surface area contributed by atoms with Gasteiger partial charge in [0.05, 0.1) is 16.7 Å². The second-order valence-electron chi connectivity index (χ2n) is 5.68. The van der Waals surface area contributed by atoms with E-state index >= 15 is 0 Å². The molecule has 0 aliphatic carbocycles. The summed E-state index contributed by atoms with van der Waals surface area (Å²) in [4.78, 5) is 0. The average Bonchev–Trinajstić information content (AvgIpc) is 2.79. The van der Waals surface area contributed by atoms with Gasteiger partial charge in [-0.1, -0.05) is 29.3 Å². The Labute approximate surface area is 124 Å². The maximum Gasteiger partial charge on any atom is 0.0595 e. The summed E-state index contributed by atoms with van der Waals surface area (Å²) in [6.07, 6.45) is 3.71. The molecule has 2 fully saturated rings. The maximum absolute atomic E-state index is 6.17. The molecule has 0 spiro atoms. The largest absolute Gasteiger partial charge is 0.384 e. The zero-order chi connectivity index (χ0) is 13.4. The Balaban J connectivity index is 1.89. The summed E-state index contributed by atoms with van der Waals surface area (Å²) < 4.78 is 5.44. The summed E-state index contributed by atoms with van der Waals surface area (Å²) in [6.45, 7) is 0.801. The van der Waals surface area contributed by atoms with Crippen molar-refractivity contribution in [3.8, 4) is 0 Å². The first kappa shape index (κ1) is 13.7. The number of rotatable bonds is 3. The first-order valence-corrected chi connectivity index (χ1v) is 7.64. The summed E-state index contributed by atoms with van der Waals surface area (Å²) in [7, 11) is 1.78. The van der Waals surface area contributed by atoms with Gasteiger partial charge in [-0.2, -0.15) is 0 Å². The van der Waals surface area contributed by atoms with E-state index in [1.807, 2.05) is 12.1 Å². The van der Waals surface area contributed by atoms with Crippen LogP contribution in [-0.4, -0.2) is 25.8 Å². The SMILES string of the molecule is COC[C@H]1[C@@H]2CC[C@H](C[C@@H]1c1ccc(Cl)c(Cl)c1)N2. The molecule has 2 nitrogen and oxygen atoms in total. The summed E-state index contributed by atoms with van der Waals surface area (Å²) in [5, 5.41) is 5.00. The van der Waals surface area contributed by atoms with Gasteiger partial charge in [-0.3, -0.25) is 0 Å². The van der Waals surface area contributed by atoms with Gasteiger partial charge in [-0.25, -0.2) is 0 Å². The van der Waals surface area contributed by atoms with Crippen molar-refractivity contribution in [1.29, 1.82) is 0 Å². The highest BCUT2D eigenvalue weighted by molar-refractivity contribution is 6.42. The highest BCUT2D eigenvalue weighted by Crippen LogP contribution is 2.42. The molecule has 19 heavy (non-hydrogen) atoms. The van der Waals surface area contributed by atoms with Crippen LogP contribution in [0.15, 0.2) is 18.2 Å². The van der Waals surface area contributed by atoms with Crippen LogP contribution in [0.4, 0.5) is 0 Å². The Bertz CT molecular complexity index is 465. The number of methoxy groups -OCH3 is 1. The Morgan fingerprint density at radius 3 is 2.84 bits per heavy atom. The fourth-order valence-electron chi connectivity index (χ4n) is 3.69. The van der Waals surface area contributed by atoms with Gasteiger partial charge in [-0.05, 0) is 42.9 Å². The summed E-state index contributed by atoms with van der Waals surface area (Å²) in [5.41, 5.74) is 1.30. The minimum absolute atomic E-state index is 0.522. The highest BCUT2D eigenvalue weighted by atomic mass is 35.5. The maximum atomic E-state index is 6.17. The first-order valence-electron chi connectivity index (χ1n) is 6.89. The van der Waals surface area contributed by atoms with E-state index < -0.39 is 0 Å². The second kappa shape index (κ2) is 5.61. The van der Waals surface area contributed by atoms with E-state index in [1.165, 1.54) is 24.8 Å². The highest BCUT2D eigenvalue weighted by Gasteiger charge is 2.41. The van der Waals surface area contributed by atoms with Crippen molar-refractivity contribution in [2.45, 2.75) is 37.3 Å². The van der Waals surface area contributed by atoms with Crippen LogP contribution in [0.2, 0.25) is 10.0 Å². The lowest BCUT2D eigenvalue weighted by molar-refractivity contribution is 0.101. The van der Waals surface area contributed by atoms with Crippen LogP contribution < -0.4 is 5.32 Å². The number of nitrogens with one attached hydrogen (secondary N) is 1. The standard InChI is InChI=1S/C15H19Cl2NO/c1-19-8-12-11(7-10-3-5-15(12)18-10)9-2-4-13(16)14(17)6-9/h2,4,6,10-12,15,18H,3,5,7-8H2,1H3/t10-,11-,12-,15+/m1/s1. The Morgan fingerprint density at radius 1 is 1.26 bits per heavy atom.